The highest BCUT2D eigenvalue weighted by Gasteiger charge is 2.16. The first-order valence-electron chi connectivity index (χ1n) is 6.97. The number of carbonyl (C=O) groups is 2. The van der Waals surface area contributed by atoms with Crippen molar-refractivity contribution in [3.05, 3.63) is 41.0 Å². The number of rotatable bonds is 5. The average molecular weight is 289 g/mol. The standard InChI is InChI=1S/C16H19NO4/c1-11-9-13(5-4-12(11)6-7-15(18)19)16(20)17-10-14-3-2-8-21-14/h4-7,9,14H,2-3,8,10H2,1H3,(H,17,20)(H,18,19)/b7-6+. The topological polar surface area (TPSA) is 75.6 Å². The van der Waals surface area contributed by atoms with Gasteiger partial charge >= 0.3 is 5.97 Å². The lowest BCUT2D eigenvalue weighted by molar-refractivity contribution is -0.131. The zero-order chi connectivity index (χ0) is 15.2. The van der Waals surface area contributed by atoms with Crippen molar-refractivity contribution in [3.8, 4) is 0 Å². The van der Waals surface area contributed by atoms with Crippen LogP contribution in [0.2, 0.25) is 0 Å². The van der Waals surface area contributed by atoms with Gasteiger partial charge in [0.15, 0.2) is 0 Å². The number of ether oxygens (including phenoxy) is 1. The van der Waals surface area contributed by atoms with E-state index in [1.165, 1.54) is 6.08 Å². The van der Waals surface area contributed by atoms with E-state index in [1.54, 1.807) is 18.2 Å². The number of carbonyl (C=O) groups excluding carboxylic acids is 1. The maximum atomic E-state index is 12.1. The van der Waals surface area contributed by atoms with Crippen molar-refractivity contribution in [2.24, 2.45) is 0 Å². The Kier molecular flexibility index (Phi) is 5.11. The fraction of sp³-hybridized carbons (Fsp3) is 0.375. The fourth-order valence-electron chi connectivity index (χ4n) is 2.28. The molecule has 1 heterocycles. The summed E-state index contributed by atoms with van der Waals surface area (Å²) < 4.78 is 5.46. The molecule has 5 nitrogen and oxygen atoms in total. The number of hydrogen-bond acceptors (Lipinski definition) is 3. The fourth-order valence-corrected chi connectivity index (χ4v) is 2.28. The molecular formula is C16H19NO4. The van der Waals surface area contributed by atoms with E-state index in [-0.39, 0.29) is 12.0 Å². The molecule has 1 aromatic carbocycles. The second-order valence-electron chi connectivity index (χ2n) is 5.09. The van der Waals surface area contributed by atoms with Crippen LogP contribution in [0.1, 0.15) is 34.3 Å². The Balaban J connectivity index is 1.98. The van der Waals surface area contributed by atoms with Crippen molar-refractivity contribution in [2.45, 2.75) is 25.9 Å². The highest BCUT2D eigenvalue weighted by molar-refractivity contribution is 5.95. The molecule has 1 amide bonds. The van der Waals surface area contributed by atoms with E-state index in [1.807, 2.05) is 6.92 Å². The number of amides is 1. The summed E-state index contributed by atoms with van der Waals surface area (Å²) in [6.07, 6.45) is 4.75. The van der Waals surface area contributed by atoms with Crippen molar-refractivity contribution in [1.29, 1.82) is 0 Å². The number of carboxylic acids is 1. The van der Waals surface area contributed by atoms with E-state index < -0.39 is 5.97 Å². The summed E-state index contributed by atoms with van der Waals surface area (Å²) in [5.74, 6) is -1.13. The van der Waals surface area contributed by atoms with Crippen LogP contribution in [-0.2, 0) is 9.53 Å². The van der Waals surface area contributed by atoms with Crippen LogP contribution in [0.25, 0.3) is 6.08 Å². The summed E-state index contributed by atoms with van der Waals surface area (Å²) in [6.45, 7) is 3.14. The molecule has 21 heavy (non-hydrogen) atoms. The first-order valence-corrected chi connectivity index (χ1v) is 6.97. The van der Waals surface area contributed by atoms with Gasteiger partial charge in [-0.2, -0.15) is 0 Å². The van der Waals surface area contributed by atoms with Gasteiger partial charge in [-0.25, -0.2) is 4.79 Å². The third kappa shape index (κ3) is 4.43. The Hall–Kier alpha value is -2.14. The number of carboxylic acid groups (broad SMARTS) is 1. The molecule has 0 radical (unpaired) electrons. The first kappa shape index (κ1) is 15.3. The molecule has 2 rings (SSSR count). The van der Waals surface area contributed by atoms with Crippen LogP contribution in [0.5, 0.6) is 0 Å². The second-order valence-corrected chi connectivity index (χ2v) is 5.09. The van der Waals surface area contributed by atoms with Crippen LogP contribution in [0.4, 0.5) is 0 Å². The van der Waals surface area contributed by atoms with E-state index in [0.29, 0.717) is 12.1 Å². The normalized spacial score (nSPS) is 18.0. The number of aryl methyl sites for hydroxylation is 1. The van der Waals surface area contributed by atoms with Gasteiger partial charge < -0.3 is 15.2 Å². The largest absolute Gasteiger partial charge is 0.478 e. The van der Waals surface area contributed by atoms with Gasteiger partial charge in [-0.15, -0.1) is 0 Å². The van der Waals surface area contributed by atoms with E-state index in [0.717, 1.165) is 36.7 Å². The molecule has 0 spiro atoms. The van der Waals surface area contributed by atoms with Crippen molar-refractivity contribution in [2.75, 3.05) is 13.2 Å². The summed E-state index contributed by atoms with van der Waals surface area (Å²) in [5.41, 5.74) is 2.21. The molecular weight excluding hydrogens is 270 g/mol. The second kappa shape index (κ2) is 7.04. The zero-order valence-corrected chi connectivity index (χ0v) is 12.0. The maximum Gasteiger partial charge on any atom is 0.328 e. The highest BCUT2D eigenvalue weighted by atomic mass is 16.5. The molecule has 0 bridgehead atoms. The molecule has 1 aliphatic heterocycles. The molecule has 2 N–H and O–H groups in total. The van der Waals surface area contributed by atoms with Crippen LogP contribution in [0.3, 0.4) is 0 Å². The van der Waals surface area contributed by atoms with Gasteiger partial charge in [0, 0.05) is 24.8 Å². The van der Waals surface area contributed by atoms with Crippen molar-refractivity contribution in [3.63, 3.8) is 0 Å². The third-order valence-corrected chi connectivity index (χ3v) is 3.45. The number of benzene rings is 1. The van der Waals surface area contributed by atoms with Crippen LogP contribution in [0.15, 0.2) is 24.3 Å². The quantitative estimate of drug-likeness (QED) is 0.813. The van der Waals surface area contributed by atoms with Gasteiger partial charge in [0.25, 0.3) is 5.91 Å². The van der Waals surface area contributed by atoms with Gasteiger partial charge in [-0.1, -0.05) is 6.07 Å². The monoisotopic (exact) mass is 289 g/mol. The van der Waals surface area contributed by atoms with Crippen molar-refractivity contribution >= 4 is 18.0 Å². The predicted octanol–water partition coefficient (Wildman–Crippen LogP) is 2.00. The summed E-state index contributed by atoms with van der Waals surface area (Å²) in [7, 11) is 0. The van der Waals surface area contributed by atoms with Gasteiger partial charge in [0.05, 0.1) is 6.10 Å². The summed E-state index contributed by atoms with van der Waals surface area (Å²) in [5, 5.41) is 11.5. The van der Waals surface area contributed by atoms with E-state index in [2.05, 4.69) is 5.32 Å². The van der Waals surface area contributed by atoms with Gasteiger partial charge in [-0.05, 0) is 49.1 Å². The zero-order valence-electron chi connectivity index (χ0n) is 12.0. The van der Waals surface area contributed by atoms with Crippen LogP contribution >= 0.6 is 0 Å². The molecule has 1 fully saturated rings. The number of hydrogen-bond donors (Lipinski definition) is 2. The van der Waals surface area contributed by atoms with E-state index in [9.17, 15) is 9.59 Å². The minimum absolute atomic E-state index is 0.118. The van der Waals surface area contributed by atoms with Crippen LogP contribution < -0.4 is 5.32 Å². The summed E-state index contributed by atoms with van der Waals surface area (Å²) in [6, 6.07) is 5.20. The molecule has 0 aliphatic carbocycles. The lowest BCUT2D eigenvalue weighted by Gasteiger charge is -2.11. The van der Waals surface area contributed by atoms with E-state index >= 15 is 0 Å². The third-order valence-electron chi connectivity index (χ3n) is 3.45. The molecule has 1 unspecified atom stereocenters. The van der Waals surface area contributed by atoms with Crippen LogP contribution in [0, 0.1) is 6.92 Å². The average Bonchev–Trinajstić information content (AvgIpc) is 2.96. The van der Waals surface area contributed by atoms with Gasteiger partial charge in [0.1, 0.15) is 0 Å². The molecule has 1 aliphatic rings. The lowest BCUT2D eigenvalue weighted by atomic mass is 10.0. The maximum absolute atomic E-state index is 12.1. The Morgan fingerprint density at radius 2 is 2.29 bits per heavy atom. The Morgan fingerprint density at radius 3 is 2.90 bits per heavy atom. The molecule has 1 atom stereocenters. The number of aliphatic carboxylic acids is 1. The van der Waals surface area contributed by atoms with Crippen LogP contribution in [-0.4, -0.2) is 36.2 Å². The summed E-state index contributed by atoms with van der Waals surface area (Å²) in [4.78, 5) is 22.6. The van der Waals surface area contributed by atoms with Gasteiger partial charge in [0.2, 0.25) is 0 Å². The van der Waals surface area contributed by atoms with Crippen molar-refractivity contribution in [1.82, 2.24) is 5.32 Å². The Morgan fingerprint density at radius 1 is 1.48 bits per heavy atom. The smallest absolute Gasteiger partial charge is 0.328 e. The lowest BCUT2D eigenvalue weighted by Crippen LogP contribution is -2.31. The highest BCUT2D eigenvalue weighted by Crippen LogP contribution is 2.14. The first-order chi connectivity index (χ1) is 10.1. The molecule has 112 valence electrons. The molecule has 1 aromatic rings. The predicted molar refractivity (Wildman–Crippen MR) is 79.2 cm³/mol. The Bertz CT molecular complexity index is 559. The SMILES string of the molecule is Cc1cc(C(=O)NCC2CCCO2)ccc1/C=C/C(=O)O. The Labute approximate surface area is 123 Å². The van der Waals surface area contributed by atoms with Crippen molar-refractivity contribution < 1.29 is 19.4 Å². The minimum Gasteiger partial charge on any atom is -0.478 e. The molecule has 0 saturated carbocycles. The molecule has 0 aromatic heterocycles. The summed E-state index contributed by atoms with van der Waals surface area (Å²) >= 11 is 0. The van der Waals surface area contributed by atoms with E-state index in [4.69, 9.17) is 9.84 Å². The molecule has 1 saturated heterocycles. The minimum atomic E-state index is -0.993. The number of nitrogens with one attached hydrogen (secondary N) is 1. The molecule has 5 heteroatoms. The van der Waals surface area contributed by atoms with Gasteiger partial charge in [-0.3, -0.25) is 4.79 Å².